The summed E-state index contributed by atoms with van der Waals surface area (Å²) in [6.45, 7) is 6.08. The number of halogens is 1. The van der Waals surface area contributed by atoms with Crippen molar-refractivity contribution in [3.05, 3.63) is 52.8 Å². The van der Waals surface area contributed by atoms with Crippen molar-refractivity contribution in [1.82, 2.24) is 14.7 Å². The van der Waals surface area contributed by atoms with Crippen LogP contribution in [0.3, 0.4) is 0 Å². The van der Waals surface area contributed by atoms with E-state index >= 15 is 0 Å². The molecule has 1 aliphatic heterocycles. The zero-order valence-corrected chi connectivity index (χ0v) is 17.6. The summed E-state index contributed by atoms with van der Waals surface area (Å²) in [5.41, 5.74) is 2.51. The van der Waals surface area contributed by atoms with Gasteiger partial charge in [-0.15, -0.1) is 0 Å². The maximum Gasteiger partial charge on any atom is 0.331 e. The van der Waals surface area contributed by atoms with Gasteiger partial charge < -0.3 is 14.5 Å². The summed E-state index contributed by atoms with van der Waals surface area (Å²) in [4.78, 5) is 28.7. The molecule has 2 heterocycles. The predicted octanol–water partition coefficient (Wildman–Crippen LogP) is 2.68. The number of aromatic nitrogens is 2. The fourth-order valence-electron chi connectivity index (χ4n) is 3.33. The molecule has 1 saturated heterocycles. The summed E-state index contributed by atoms with van der Waals surface area (Å²) in [6.07, 6.45) is 1.98. The summed E-state index contributed by atoms with van der Waals surface area (Å²) in [5.74, 6) is -0.775. The first-order chi connectivity index (χ1) is 13.9. The molecule has 1 amide bonds. The number of para-hydroxylation sites is 1. The van der Waals surface area contributed by atoms with Gasteiger partial charge in [0.2, 0.25) is 0 Å². The van der Waals surface area contributed by atoms with Crippen molar-refractivity contribution in [3.8, 4) is 0 Å². The van der Waals surface area contributed by atoms with Crippen LogP contribution in [0.5, 0.6) is 0 Å². The molecule has 7 nitrogen and oxygen atoms in total. The molecule has 1 atom stereocenters. The van der Waals surface area contributed by atoms with E-state index in [0.717, 1.165) is 18.8 Å². The van der Waals surface area contributed by atoms with Gasteiger partial charge in [-0.1, -0.05) is 29.8 Å². The molecule has 1 unspecified atom stereocenters. The van der Waals surface area contributed by atoms with Crippen molar-refractivity contribution in [1.29, 1.82) is 0 Å². The summed E-state index contributed by atoms with van der Waals surface area (Å²) in [5, 5.41) is 4.62. The van der Waals surface area contributed by atoms with Gasteiger partial charge in [0.25, 0.3) is 5.91 Å². The number of carbonyl (C=O) groups excluding carboxylic acids is 2. The molecule has 1 aromatic heterocycles. The first kappa shape index (κ1) is 20.9. The second-order valence-electron chi connectivity index (χ2n) is 6.97. The monoisotopic (exact) mass is 416 g/mol. The smallest absolute Gasteiger partial charge is 0.331 e. The maximum atomic E-state index is 12.6. The molecule has 8 heteroatoms. The van der Waals surface area contributed by atoms with Gasteiger partial charge >= 0.3 is 5.97 Å². The number of anilines is 1. The van der Waals surface area contributed by atoms with Crippen molar-refractivity contribution in [2.75, 3.05) is 31.1 Å². The summed E-state index contributed by atoms with van der Waals surface area (Å²) < 4.78 is 6.82. The molecule has 2 aromatic rings. The van der Waals surface area contributed by atoms with Crippen molar-refractivity contribution in [3.63, 3.8) is 0 Å². The minimum Gasteiger partial charge on any atom is -0.449 e. The quantitative estimate of drug-likeness (QED) is 0.553. The molecule has 0 N–H and O–H groups in total. The Hall–Kier alpha value is -2.80. The number of esters is 1. The highest BCUT2D eigenvalue weighted by Crippen LogP contribution is 2.20. The number of ether oxygens (including phenoxy) is 1. The summed E-state index contributed by atoms with van der Waals surface area (Å²) in [6, 6.07) is 10.1. The van der Waals surface area contributed by atoms with Crippen molar-refractivity contribution < 1.29 is 14.3 Å². The maximum absolute atomic E-state index is 12.6. The van der Waals surface area contributed by atoms with Crippen LogP contribution in [0.1, 0.15) is 18.2 Å². The van der Waals surface area contributed by atoms with Gasteiger partial charge in [-0.05, 0) is 32.1 Å². The third-order valence-corrected chi connectivity index (χ3v) is 5.38. The van der Waals surface area contributed by atoms with Gasteiger partial charge in [-0.2, -0.15) is 5.10 Å². The second kappa shape index (κ2) is 9.13. The minimum atomic E-state index is -0.846. The first-order valence-corrected chi connectivity index (χ1v) is 9.91. The van der Waals surface area contributed by atoms with Gasteiger partial charge in [0.15, 0.2) is 6.10 Å². The fraction of sp³-hybridized carbons (Fsp3) is 0.381. The zero-order chi connectivity index (χ0) is 21.0. The topological polar surface area (TPSA) is 67.7 Å². The van der Waals surface area contributed by atoms with E-state index in [4.69, 9.17) is 16.3 Å². The van der Waals surface area contributed by atoms with Crippen LogP contribution in [0.2, 0.25) is 5.15 Å². The number of amides is 1. The lowest BCUT2D eigenvalue weighted by atomic mass is 10.2. The van der Waals surface area contributed by atoms with E-state index in [2.05, 4.69) is 22.1 Å². The third kappa shape index (κ3) is 4.98. The van der Waals surface area contributed by atoms with Gasteiger partial charge in [0.05, 0.1) is 5.69 Å². The molecule has 1 fully saturated rings. The molecular weight excluding hydrogens is 392 g/mol. The number of aryl methyl sites for hydroxylation is 2. The number of hydrogen-bond donors (Lipinski definition) is 0. The van der Waals surface area contributed by atoms with E-state index in [1.807, 2.05) is 18.2 Å². The van der Waals surface area contributed by atoms with Crippen LogP contribution < -0.4 is 4.90 Å². The molecule has 0 saturated carbocycles. The summed E-state index contributed by atoms with van der Waals surface area (Å²) >= 11 is 6.14. The standard InChI is InChI=1S/C21H25ClN4O3/c1-15-18(20(22)24(3)23-15)9-10-19(27)29-16(2)21(28)26-13-11-25(12-14-26)17-7-5-4-6-8-17/h4-10,16H,11-14H2,1-3H3/b10-9+. The number of carbonyl (C=O) groups is 2. The Morgan fingerprint density at radius 2 is 1.83 bits per heavy atom. The molecule has 1 aromatic carbocycles. The number of piperazine rings is 1. The number of rotatable bonds is 5. The lowest BCUT2D eigenvalue weighted by Gasteiger charge is -2.36. The molecule has 29 heavy (non-hydrogen) atoms. The fourth-order valence-corrected chi connectivity index (χ4v) is 3.57. The molecule has 0 spiro atoms. The van der Waals surface area contributed by atoms with Gasteiger partial charge in [-0.3, -0.25) is 9.48 Å². The second-order valence-corrected chi connectivity index (χ2v) is 7.33. The van der Waals surface area contributed by atoms with Crippen LogP contribution in [-0.2, 0) is 21.4 Å². The lowest BCUT2D eigenvalue weighted by molar-refractivity contribution is -0.155. The molecule has 154 valence electrons. The van der Waals surface area contributed by atoms with E-state index in [-0.39, 0.29) is 5.91 Å². The Bertz CT molecular complexity index is 902. The average Bonchev–Trinajstić information content (AvgIpc) is 2.97. The Morgan fingerprint density at radius 3 is 2.41 bits per heavy atom. The van der Waals surface area contributed by atoms with E-state index in [1.54, 1.807) is 31.9 Å². The molecular formula is C21H25ClN4O3. The largest absolute Gasteiger partial charge is 0.449 e. The van der Waals surface area contributed by atoms with E-state index in [1.165, 1.54) is 10.8 Å². The van der Waals surface area contributed by atoms with Crippen LogP contribution in [0.25, 0.3) is 6.08 Å². The Kier molecular flexibility index (Phi) is 6.59. The normalized spacial score (nSPS) is 15.6. The van der Waals surface area contributed by atoms with Crippen LogP contribution >= 0.6 is 11.6 Å². The Labute approximate surface area is 175 Å². The average molecular weight is 417 g/mol. The predicted molar refractivity (Wildman–Crippen MR) is 113 cm³/mol. The highest BCUT2D eigenvalue weighted by atomic mass is 35.5. The number of nitrogens with zero attached hydrogens (tertiary/aromatic N) is 4. The van der Waals surface area contributed by atoms with Crippen LogP contribution in [0, 0.1) is 6.92 Å². The first-order valence-electron chi connectivity index (χ1n) is 9.53. The van der Waals surface area contributed by atoms with Crippen LogP contribution in [0.4, 0.5) is 5.69 Å². The molecule has 0 radical (unpaired) electrons. The van der Waals surface area contributed by atoms with Gasteiger partial charge in [0.1, 0.15) is 5.15 Å². The minimum absolute atomic E-state index is 0.185. The van der Waals surface area contributed by atoms with E-state index < -0.39 is 12.1 Å². The van der Waals surface area contributed by atoms with Crippen molar-refractivity contribution in [2.45, 2.75) is 20.0 Å². The van der Waals surface area contributed by atoms with E-state index in [0.29, 0.717) is 29.5 Å². The van der Waals surface area contributed by atoms with E-state index in [9.17, 15) is 9.59 Å². The highest BCUT2D eigenvalue weighted by molar-refractivity contribution is 6.31. The van der Waals surface area contributed by atoms with Crippen LogP contribution in [-0.4, -0.2) is 58.8 Å². The van der Waals surface area contributed by atoms with Gasteiger partial charge in [-0.25, -0.2) is 4.79 Å². The Morgan fingerprint density at radius 1 is 1.17 bits per heavy atom. The Balaban J connectivity index is 1.51. The molecule has 0 aliphatic carbocycles. The highest BCUT2D eigenvalue weighted by Gasteiger charge is 2.26. The lowest BCUT2D eigenvalue weighted by Crippen LogP contribution is -2.51. The summed E-state index contributed by atoms with van der Waals surface area (Å²) in [7, 11) is 1.73. The van der Waals surface area contributed by atoms with Gasteiger partial charge in [0, 0.05) is 50.6 Å². The number of hydrogen-bond acceptors (Lipinski definition) is 5. The van der Waals surface area contributed by atoms with Crippen molar-refractivity contribution >= 4 is 35.2 Å². The van der Waals surface area contributed by atoms with Crippen molar-refractivity contribution in [2.24, 2.45) is 7.05 Å². The van der Waals surface area contributed by atoms with Crippen LogP contribution in [0.15, 0.2) is 36.4 Å². The molecule has 3 rings (SSSR count). The SMILES string of the molecule is Cc1nn(C)c(Cl)c1/C=C/C(=O)OC(C)C(=O)N1CCN(c2ccccc2)CC1. The third-order valence-electron chi connectivity index (χ3n) is 4.94. The number of benzene rings is 1. The molecule has 1 aliphatic rings. The molecule has 0 bridgehead atoms. The zero-order valence-electron chi connectivity index (χ0n) is 16.8.